The van der Waals surface area contributed by atoms with Crippen molar-refractivity contribution < 1.29 is 4.79 Å². The van der Waals surface area contributed by atoms with Gasteiger partial charge in [-0.15, -0.1) is 0 Å². The molecule has 2 aliphatic carbocycles. The van der Waals surface area contributed by atoms with Crippen LogP contribution in [0, 0.1) is 11.3 Å². The van der Waals surface area contributed by atoms with Crippen molar-refractivity contribution in [3.8, 4) is 6.07 Å². The van der Waals surface area contributed by atoms with Gasteiger partial charge in [0.1, 0.15) is 11.9 Å². The molecule has 0 saturated heterocycles. The first-order chi connectivity index (χ1) is 14.1. The van der Waals surface area contributed by atoms with E-state index in [2.05, 4.69) is 11.1 Å². The molecule has 3 aromatic rings. The molecule has 0 amide bonds. The number of nitrogens with two attached hydrogens (primary N) is 2. The van der Waals surface area contributed by atoms with Crippen LogP contribution in [0.5, 0.6) is 0 Å². The van der Waals surface area contributed by atoms with E-state index in [-0.39, 0.29) is 7.43 Å². The van der Waals surface area contributed by atoms with E-state index in [1.807, 2.05) is 24.3 Å². The molecule has 5 nitrogen and oxygen atoms in total. The Morgan fingerprint density at radius 3 is 2.13 bits per heavy atom. The highest BCUT2D eigenvalue weighted by molar-refractivity contribution is 5.92. The fourth-order valence-corrected chi connectivity index (χ4v) is 3.62. The molecule has 1 saturated carbocycles. The topological polar surface area (TPSA) is 106 Å². The molecular weight excluding hydrogens is 372 g/mol. The number of aromatic nitrogens is 1. The summed E-state index contributed by atoms with van der Waals surface area (Å²) in [5.41, 5.74) is 17.1. The SMILES string of the molecule is C.N#Cc1ccccc1N.Nc1c2c(nc3ccccc13)CCC2.O=C1CCCC1. The van der Waals surface area contributed by atoms with Gasteiger partial charge in [-0.05, 0) is 55.9 Å². The summed E-state index contributed by atoms with van der Waals surface area (Å²) in [7, 11) is 0. The molecule has 0 bridgehead atoms. The Balaban J connectivity index is 0.000000173. The summed E-state index contributed by atoms with van der Waals surface area (Å²) < 4.78 is 0. The number of carbonyl (C=O) groups is 1. The number of nitriles is 1. The van der Waals surface area contributed by atoms with Gasteiger partial charge in [0.15, 0.2) is 0 Å². The van der Waals surface area contributed by atoms with Crippen LogP contribution < -0.4 is 11.5 Å². The van der Waals surface area contributed by atoms with Crippen LogP contribution in [0.3, 0.4) is 0 Å². The van der Waals surface area contributed by atoms with Gasteiger partial charge in [0, 0.05) is 35.3 Å². The van der Waals surface area contributed by atoms with Crippen molar-refractivity contribution in [2.45, 2.75) is 52.4 Å². The summed E-state index contributed by atoms with van der Waals surface area (Å²) in [6.45, 7) is 0. The van der Waals surface area contributed by atoms with E-state index in [9.17, 15) is 4.79 Å². The minimum Gasteiger partial charge on any atom is -0.398 e. The number of ketones is 1. The van der Waals surface area contributed by atoms with Crippen molar-refractivity contribution in [3.63, 3.8) is 0 Å². The lowest BCUT2D eigenvalue weighted by Crippen LogP contribution is -1.97. The van der Waals surface area contributed by atoms with Gasteiger partial charge < -0.3 is 11.5 Å². The summed E-state index contributed by atoms with van der Waals surface area (Å²) in [6.07, 6.45) is 7.35. The number of para-hydroxylation sites is 2. The van der Waals surface area contributed by atoms with Crippen molar-refractivity contribution in [1.82, 2.24) is 4.98 Å². The van der Waals surface area contributed by atoms with Gasteiger partial charge in [0.05, 0.1) is 11.1 Å². The molecule has 5 heteroatoms. The third-order valence-electron chi connectivity index (χ3n) is 5.21. The van der Waals surface area contributed by atoms with E-state index in [4.69, 9.17) is 16.7 Å². The molecule has 0 atom stereocenters. The van der Waals surface area contributed by atoms with Gasteiger partial charge in [-0.3, -0.25) is 9.78 Å². The van der Waals surface area contributed by atoms with Crippen LogP contribution in [0.4, 0.5) is 11.4 Å². The Labute approximate surface area is 178 Å². The first-order valence-corrected chi connectivity index (χ1v) is 10.0. The van der Waals surface area contributed by atoms with Crippen molar-refractivity contribution in [2.75, 3.05) is 11.5 Å². The molecule has 0 radical (unpaired) electrons. The third-order valence-corrected chi connectivity index (χ3v) is 5.21. The van der Waals surface area contributed by atoms with E-state index < -0.39 is 0 Å². The molecular formula is C25H30N4O. The van der Waals surface area contributed by atoms with E-state index >= 15 is 0 Å². The number of Topliss-reactive ketones (excluding diaryl/α,β-unsaturated/α-hetero) is 1. The van der Waals surface area contributed by atoms with Crippen LogP contribution >= 0.6 is 0 Å². The maximum atomic E-state index is 10.2. The predicted octanol–water partition coefficient (Wildman–Crippen LogP) is 5.21. The summed E-state index contributed by atoms with van der Waals surface area (Å²) >= 11 is 0. The zero-order valence-corrected chi connectivity index (χ0v) is 16.5. The summed E-state index contributed by atoms with van der Waals surface area (Å²) in [4.78, 5) is 14.9. The molecule has 5 rings (SSSR count). The number of rotatable bonds is 0. The maximum Gasteiger partial charge on any atom is 0.132 e. The molecule has 1 fully saturated rings. The molecule has 0 unspecified atom stereocenters. The molecule has 2 aromatic carbocycles. The van der Waals surface area contributed by atoms with Crippen molar-refractivity contribution in [3.05, 3.63) is 65.4 Å². The maximum absolute atomic E-state index is 10.2. The molecule has 30 heavy (non-hydrogen) atoms. The predicted molar refractivity (Wildman–Crippen MR) is 124 cm³/mol. The summed E-state index contributed by atoms with van der Waals surface area (Å²) in [5.74, 6) is 0.454. The number of fused-ring (bicyclic) bond motifs is 2. The number of nitrogen functional groups attached to an aromatic ring is 2. The van der Waals surface area contributed by atoms with Crippen molar-refractivity contribution in [2.24, 2.45) is 0 Å². The van der Waals surface area contributed by atoms with Crippen LogP contribution in [0.25, 0.3) is 10.9 Å². The molecule has 1 heterocycles. The normalized spacial score (nSPS) is 13.8. The number of aryl methyl sites for hydroxylation is 1. The van der Waals surface area contributed by atoms with E-state index in [1.165, 1.54) is 17.7 Å². The van der Waals surface area contributed by atoms with Crippen LogP contribution in [0.2, 0.25) is 0 Å². The van der Waals surface area contributed by atoms with E-state index in [0.29, 0.717) is 17.0 Å². The number of nitrogens with zero attached hydrogens (tertiary/aromatic N) is 2. The van der Waals surface area contributed by atoms with Gasteiger partial charge >= 0.3 is 0 Å². The van der Waals surface area contributed by atoms with Gasteiger partial charge in [0.2, 0.25) is 0 Å². The minimum absolute atomic E-state index is 0. The second-order valence-corrected chi connectivity index (χ2v) is 7.27. The first-order valence-electron chi connectivity index (χ1n) is 10.0. The lowest BCUT2D eigenvalue weighted by molar-refractivity contribution is -0.117. The second kappa shape index (κ2) is 11.0. The Hall–Kier alpha value is -3.39. The number of hydrogen-bond donors (Lipinski definition) is 2. The number of benzene rings is 2. The monoisotopic (exact) mass is 402 g/mol. The number of anilines is 2. The van der Waals surface area contributed by atoms with E-state index in [1.54, 1.807) is 24.3 Å². The Kier molecular flexibility index (Phi) is 8.37. The van der Waals surface area contributed by atoms with E-state index in [0.717, 1.165) is 55.1 Å². The van der Waals surface area contributed by atoms with Gasteiger partial charge in [-0.2, -0.15) is 5.26 Å². The first kappa shape index (κ1) is 22.9. The number of pyridine rings is 1. The molecule has 1 aromatic heterocycles. The molecule has 2 aliphatic rings. The average Bonchev–Trinajstić information content (AvgIpc) is 3.41. The van der Waals surface area contributed by atoms with Crippen LogP contribution in [0.1, 0.15) is 56.4 Å². The smallest absolute Gasteiger partial charge is 0.132 e. The molecule has 0 aliphatic heterocycles. The van der Waals surface area contributed by atoms with Crippen LogP contribution in [-0.4, -0.2) is 10.8 Å². The molecule has 4 N–H and O–H groups in total. The third kappa shape index (κ3) is 5.57. The zero-order chi connectivity index (χ0) is 20.6. The van der Waals surface area contributed by atoms with Crippen molar-refractivity contribution in [1.29, 1.82) is 5.26 Å². The largest absolute Gasteiger partial charge is 0.398 e. The highest BCUT2D eigenvalue weighted by atomic mass is 16.1. The van der Waals surface area contributed by atoms with Gasteiger partial charge in [-0.1, -0.05) is 37.8 Å². The van der Waals surface area contributed by atoms with Gasteiger partial charge in [-0.25, -0.2) is 0 Å². The van der Waals surface area contributed by atoms with Crippen LogP contribution in [-0.2, 0) is 17.6 Å². The average molecular weight is 403 g/mol. The van der Waals surface area contributed by atoms with Crippen LogP contribution in [0.15, 0.2) is 48.5 Å². The second-order valence-electron chi connectivity index (χ2n) is 7.27. The lowest BCUT2D eigenvalue weighted by Gasteiger charge is -2.07. The zero-order valence-electron chi connectivity index (χ0n) is 16.5. The number of hydrogen-bond acceptors (Lipinski definition) is 5. The molecule has 156 valence electrons. The quantitative estimate of drug-likeness (QED) is 0.502. The highest BCUT2D eigenvalue weighted by Gasteiger charge is 2.17. The Morgan fingerprint density at radius 2 is 1.53 bits per heavy atom. The minimum atomic E-state index is 0. The summed E-state index contributed by atoms with van der Waals surface area (Å²) in [5, 5.41) is 9.49. The highest BCUT2D eigenvalue weighted by Crippen LogP contribution is 2.31. The number of carbonyl (C=O) groups excluding carboxylic acids is 1. The standard InChI is InChI=1S/C12H12N2.C7H6N2.C5H8O.CH4/c13-12-8-4-1-2-6-10(8)14-11-7-3-5-9(11)12;8-5-6-3-1-2-4-7(6)9;6-5-3-1-2-4-5;/h1-2,4,6H,3,5,7H2,(H2,13,14);1-4H,9H2;1-4H2;1H4. The fourth-order valence-electron chi connectivity index (χ4n) is 3.62. The Bertz CT molecular complexity index is 1040. The lowest BCUT2D eigenvalue weighted by atomic mass is 10.1. The van der Waals surface area contributed by atoms with Gasteiger partial charge in [0.25, 0.3) is 0 Å². The van der Waals surface area contributed by atoms with Crippen molar-refractivity contribution >= 4 is 28.1 Å². The fraction of sp³-hybridized carbons (Fsp3) is 0.320. The summed E-state index contributed by atoms with van der Waals surface area (Å²) in [6, 6.07) is 17.1. The Morgan fingerprint density at radius 1 is 0.867 bits per heavy atom. The molecule has 0 spiro atoms.